The van der Waals surface area contributed by atoms with E-state index in [0.717, 1.165) is 0 Å². The van der Waals surface area contributed by atoms with Gasteiger partial charge in [-0.05, 0) is 19.8 Å². The molecule has 8 heteroatoms. The van der Waals surface area contributed by atoms with Crippen molar-refractivity contribution >= 4 is 17.5 Å². The van der Waals surface area contributed by atoms with Crippen LogP contribution < -0.4 is 5.32 Å². The predicted molar refractivity (Wildman–Crippen MR) is 83.5 cm³/mol. The second kappa shape index (κ2) is 6.47. The highest BCUT2D eigenvalue weighted by Crippen LogP contribution is 2.20. The number of carbonyl (C=O) groups is 2. The molecule has 1 N–H and O–H groups in total. The first-order valence-electron chi connectivity index (χ1n) is 7.70. The first kappa shape index (κ1) is 17.1. The molecule has 0 spiro atoms. The number of nitrogens with one attached hydrogen (secondary N) is 1. The normalized spacial score (nSPS) is 15.8. The number of hydrazone groups is 1. The molecule has 0 fully saturated rings. The molecule has 1 aliphatic rings. The second-order valence-electron chi connectivity index (χ2n) is 6.65. The van der Waals surface area contributed by atoms with Gasteiger partial charge < -0.3 is 9.84 Å². The highest BCUT2D eigenvalue weighted by Gasteiger charge is 2.30. The lowest BCUT2D eigenvalue weighted by molar-refractivity contribution is -0.132. The molecule has 1 aliphatic heterocycles. The van der Waals surface area contributed by atoms with Gasteiger partial charge in [0.15, 0.2) is 5.82 Å². The molecule has 23 heavy (non-hydrogen) atoms. The minimum Gasteiger partial charge on any atom is -0.344 e. The molecule has 0 aliphatic carbocycles. The molecular formula is C15H23N5O3. The van der Waals surface area contributed by atoms with Crippen molar-refractivity contribution in [1.82, 2.24) is 20.5 Å². The molecular weight excluding hydrogens is 298 g/mol. The van der Waals surface area contributed by atoms with Gasteiger partial charge in [-0.1, -0.05) is 19.0 Å². The van der Waals surface area contributed by atoms with Crippen molar-refractivity contribution in [1.29, 1.82) is 0 Å². The van der Waals surface area contributed by atoms with Gasteiger partial charge >= 0.3 is 0 Å². The summed E-state index contributed by atoms with van der Waals surface area (Å²) < 4.78 is 5.28. The van der Waals surface area contributed by atoms with Crippen LogP contribution in [0.15, 0.2) is 9.62 Å². The fraction of sp³-hybridized carbons (Fsp3) is 0.667. The minimum atomic E-state index is -0.740. The molecule has 0 aromatic carbocycles. The van der Waals surface area contributed by atoms with Crippen LogP contribution in [-0.4, -0.2) is 39.2 Å². The molecule has 0 saturated heterocycles. The summed E-state index contributed by atoms with van der Waals surface area (Å²) in [5, 5.41) is 12.5. The van der Waals surface area contributed by atoms with E-state index < -0.39 is 5.54 Å². The molecule has 2 heterocycles. The lowest BCUT2D eigenvalue weighted by Gasteiger charge is -2.23. The maximum Gasteiger partial charge on any atom is 0.274 e. The third-order valence-corrected chi connectivity index (χ3v) is 3.36. The smallest absolute Gasteiger partial charge is 0.274 e. The first-order chi connectivity index (χ1) is 10.7. The highest BCUT2D eigenvalue weighted by atomic mass is 16.5. The number of nitrogens with zero attached hydrogens (tertiary/aromatic N) is 4. The average Bonchev–Trinajstić information content (AvgIpc) is 2.89. The molecule has 0 bridgehead atoms. The molecule has 0 saturated carbocycles. The Morgan fingerprint density at radius 3 is 2.70 bits per heavy atom. The van der Waals surface area contributed by atoms with Gasteiger partial charge in [-0.25, -0.2) is 5.01 Å². The van der Waals surface area contributed by atoms with Crippen LogP contribution in [0.5, 0.6) is 0 Å². The van der Waals surface area contributed by atoms with Gasteiger partial charge in [-0.2, -0.15) is 10.1 Å². The average molecular weight is 321 g/mol. The van der Waals surface area contributed by atoms with Crippen LogP contribution in [0.4, 0.5) is 0 Å². The Labute approximate surface area is 135 Å². The summed E-state index contributed by atoms with van der Waals surface area (Å²) in [6.07, 6.45) is 0.841. The molecule has 2 amide bonds. The van der Waals surface area contributed by atoms with E-state index in [1.54, 1.807) is 13.8 Å². The van der Waals surface area contributed by atoms with Crippen molar-refractivity contribution in [2.24, 2.45) is 11.0 Å². The van der Waals surface area contributed by atoms with E-state index in [9.17, 15) is 9.59 Å². The van der Waals surface area contributed by atoms with Crippen molar-refractivity contribution in [3.63, 3.8) is 0 Å². The summed E-state index contributed by atoms with van der Waals surface area (Å²) in [6.45, 7) is 9.63. The number of amides is 2. The Morgan fingerprint density at radius 2 is 2.09 bits per heavy atom. The molecule has 1 aromatic heterocycles. The van der Waals surface area contributed by atoms with Gasteiger partial charge in [0.25, 0.3) is 5.89 Å². The second-order valence-corrected chi connectivity index (χ2v) is 6.65. The van der Waals surface area contributed by atoms with Crippen LogP contribution in [-0.2, 0) is 15.1 Å². The molecule has 0 atom stereocenters. The maximum atomic E-state index is 11.9. The Balaban J connectivity index is 2.22. The molecule has 0 unspecified atom stereocenters. The minimum absolute atomic E-state index is 0.000708. The number of hydrogen-bond acceptors (Lipinski definition) is 6. The van der Waals surface area contributed by atoms with E-state index in [4.69, 9.17) is 4.52 Å². The van der Waals surface area contributed by atoms with E-state index in [0.29, 0.717) is 42.7 Å². The van der Waals surface area contributed by atoms with Crippen molar-refractivity contribution in [2.45, 2.75) is 53.0 Å². The van der Waals surface area contributed by atoms with E-state index in [-0.39, 0.29) is 11.8 Å². The quantitative estimate of drug-likeness (QED) is 0.884. The Morgan fingerprint density at radius 1 is 1.39 bits per heavy atom. The van der Waals surface area contributed by atoms with Gasteiger partial charge in [0.05, 0.1) is 5.54 Å². The van der Waals surface area contributed by atoms with Crippen molar-refractivity contribution in [3.05, 3.63) is 11.7 Å². The standard InChI is InChI=1S/C15H23N5O3/c1-9(2)8-20-12(22)7-6-11(18-20)13-16-14(19-23-13)15(4,5)17-10(3)21/h9H,6-8H2,1-5H3,(H,17,21). The maximum absolute atomic E-state index is 11.9. The van der Waals surface area contributed by atoms with Gasteiger partial charge in [0.2, 0.25) is 11.8 Å². The van der Waals surface area contributed by atoms with Crippen molar-refractivity contribution < 1.29 is 14.1 Å². The van der Waals surface area contributed by atoms with Crippen LogP contribution >= 0.6 is 0 Å². The lowest BCUT2D eigenvalue weighted by atomic mass is 10.1. The van der Waals surface area contributed by atoms with E-state index in [1.165, 1.54) is 11.9 Å². The zero-order chi connectivity index (χ0) is 17.2. The SMILES string of the molecule is CC(=O)NC(C)(C)c1noc(C2=NN(CC(C)C)C(=O)CC2)n1. The molecule has 0 radical (unpaired) electrons. The molecule has 1 aromatic rings. The van der Waals surface area contributed by atoms with Crippen LogP contribution in [0.2, 0.25) is 0 Å². The summed E-state index contributed by atoms with van der Waals surface area (Å²) in [5.41, 5.74) is -0.140. The summed E-state index contributed by atoms with van der Waals surface area (Å²) in [6, 6.07) is 0. The predicted octanol–water partition coefficient (Wildman–Crippen LogP) is 1.42. The Hall–Kier alpha value is -2.25. The summed E-state index contributed by atoms with van der Waals surface area (Å²) >= 11 is 0. The Bertz CT molecular complexity index is 633. The summed E-state index contributed by atoms with van der Waals surface area (Å²) in [7, 11) is 0. The summed E-state index contributed by atoms with van der Waals surface area (Å²) in [4.78, 5) is 27.5. The van der Waals surface area contributed by atoms with E-state index in [1.807, 2.05) is 13.8 Å². The summed E-state index contributed by atoms with van der Waals surface area (Å²) in [5.74, 6) is 0.808. The van der Waals surface area contributed by atoms with Crippen molar-refractivity contribution in [3.8, 4) is 0 Å². The van der Waals surface area contributed by atoms with Crippen LogP contribution in [0, 0.1) is 5.92 Å². The third kappa shape index (κ3) is 4.14. The number of carbonyl (C=O) groups excluding carboxylic acids is 2. The van der Waals surface area contributed by atoms with Gasteiger partial charge in [-0.15, -0.1) is 0 Å². The third-order valence-electron chi connectivity index (χ3n) is 3.36. The van der Waals surface area contributed by atoms with Gasteiger partial charge in [0.1, 0.15) is 5.71 Å². The van der Waals surface area contributed by atoms with Crippen LogP contribution in [0.25, 0.3) is 0 Å². The zero-order valence-corrected chi connectivity index (χ0v) is 14.2. The van der Waals surface area contributed by atoms with E-state index in [2.05, 4.69) is 20.6 Å². The number of aromatic nitrogens is 2. The largest absolute Gasteiger partial charge is 0.344 e. The topological polar surface area (TPSA) is 101 Å². The van der Waals surface area contributed by atoms with Crippen molar-refractivity contribution in [2.75, 3.05) is 6.54 Å². The lowest BCUT2D eigenvalue weighted by Crippen LogP contribution is -2.40. The fourth-order valence-electron chi connectivity index (χ4n) is 2.33. The monoisotopic (exact) mass is 321 g/mol. The fourth-order valence-corrected chi connectivity index (χ4v) is 2.33. The first-order valence-corrected chi connectivity index (χ1v) is 7.70. The number of hydrogen-bond donors (Lipinski definition) is 1. The van der Waals surface area contributed by atoms with Gasteiger partial charge in [-0.3, -0.25) is 9.59 Å². The van der Waals surface area contributed by atoms with Gasteiger partial charge in [0, 0.05) is 26.3 Å². The molecule has 8 nitrogen and oxygen atoms in total. The Kier molecular flexibility index (Phi) is 4.82. The van der Waals surface area contributed by atoms with Crippen LogP contribution in [0.1, 0.15) is 59.2 Å². The number of rotatable bonds is 5. The highest BCUT2D eigenvalue weighted by molar-refractivity contribution is 6.00. The van der Waals surface area contributed by atoms with E-state index >= 15 is 0 Å². The zero-order valence-electron chi connectivity index (χ0n) is 14.2. The van der Waals surface area contributed by atoms with Crippen LogP contribution in [0.3, 0.4) is 0 Å². The molecule has 2 rings (SSSR count). The molecule has 126 valence electrons.